The lowest BCUT2D eigenvalue weighted by Crippen LogP contribution is -2.30. The molecule has 1 spiro atoms. The Kier molecular flexibility index (Phi) is 4.90. The van der Waals surface area contributed by atoms with Gasteiger partial charge in [0.2, 0.25) is 0 Å². The Morgan fingerprint density at radius 3 is 2.76 bits per heavy atom. The van der Waals surface area contributed by atoms with Crippen LogP contribution in [0, 0.1) is 10.8 Å². The van der Waals surface area contributed by atoms with Gasteiger partial charge in [0.05, 0.1) is 5.55 Å². The molecule has 1 fully saturated rings. The number of hydrogen-bond acceptors (Lipinski definition) is 2. The van der Waals surface area contributed by atoms with Crippen molar-refractivity contribution in [3.05, 3.63) is 39.9 Å². The predicted octanol–water partition coefficient (Wildman–Crippen LogP) is 6.07. The quantitative estimate of drug-likeness (QED) is 0.393. The van der Waals surface area contributed by atoms with Crippen LogP contribution in [0.25, 0.3) is 5.57 Å². The first-order valence-corrected chi connectivity index (χ1v) is 9.65. The summed E-state index contributed by atoms with van der Waals surface area (Å²) in [6.45, 7) is 0. The van der Waals surface area contributed by atoms with E-state index in [1.54, 1.807) is 11.8 Å². The number of thioether (sulfide) groups is 1. The summed E-state index contributed by atoms with van der Waals surface area (Å²) in [5.74, 6) is 0.918. The average Bonchev–Trinajstić information content (AvgIpc) is 2.49. The number of hydrogen-bond donors (Lipinski definition) is 1. The summed E-state index contributed by atoms with van der Waals surface area (Å²) in [4.78, 5) is 0. The summed E-state index contributed by atoms with van der Waals surface area (Å²) in [5.41, 5.74) is 6.43. The number of benzene rings is 1. The van der Waals surface area contributed by atoms with Crippen molar-refractivity contribution in [1.82, 2.24) is 0 Å². The van der Waals surface area contributed by atoms with Crippen LogP contribution in [0.15, 0.2) is 28.7 Å². The van der Waals surface area contributed by atoms with Crippen molar-refractivity contribution < 1.29 is 0 Å². The van der Waals surface area contributed by atoms with Gasteiger partial charge < -0.3 is 5.41 Å². The molecular formula is C18H22BrNS. The molecule has 0 radical (unpaired) electrons. The van der Waals surface area contributed by atoms with Crippen molar-refractivity contribution in [1.29, 1.82) is 5.41 Å². The lowest BCUT2D eigenvalue weighted by molar-refractivity contribution is 0.189. The summed E-state index contributed by atoms with van der Waals surface area (Å²) in [5, 5.41) is 7.19. The lowest BCUT2D eigenvalue weighted by Gasteiger charge is -2.42. The van der Waals surface area contributed by atoms with Crippen LogP contribution >= 0.6 is 27.7 Å². The Bertz CT molecular complexity index is 558. The van der Waals surface area contributed by atoms with Gasteiger partial charge in [0.25, 0.3) is 0 Å². The van der Waals surface area contributed by atoms with Crippen LogP contribution in [0.3, 0.4) is 0 Å². The van der Waals surface area contributed by atoms with Crippen molar-refractivity contribution >= 4 is 38.8 Å². The third-order valence-electron chi connectivity index (χ3n) is 4.97. The van der Waals surface area contributed by atoms with E-state index in [2.05, 4.69) is 40.2 Å². The second-order valence-corrected chi connectivity index (χ2v) is 8.21. The average molecular weight is 364 g/mol. The van der Waals surface area contributed by atoms with E-state index < -0.39 is 0 Å². The van der Waals surface area contributed by atoms with E-state index in [4.69, 9.17) is 5.41 Å². The molecule has 0 atom stereocenters. The van der Waals surface area contributed by atoms with Crippen LogP contribution < -0.4 is 0 Å². The molecule has 3 rings (SSSR count). The second kappa shape index (κ2) is 6.70. The van der Waals surface area contributed by atoms with E-state index in [1.165, 1.54) is 71.7 Å². The Hall–Kier alpha value is -0.540. The fourth-order valence-corrected chi connectivity index (χ4v) is 4.76. The molecule has 1 aromatic carbocycles. The molecule has 1 nitrogen and oxygen atoms in total. The van der Waals surface area contributed by atoms with Crippen molar-refractivity contribution in [2.75, 3.05) is 5.75 Å². The highest BCUT2D eigenvalue weighted by atomic mass is 79.9. The summed E-state index contributed by atoms with van der Waals surface area (Å²) < 4.78 is 1.17. The zero-order chi connectivity index (χ0) is 14.7. The van der Waals surface area contributed by atoms with E-state index in [9.17, 15) is 0 Å². The van der Waals surface area contributed by atoms with Gasteiger partial charge in [-0.3, -0.25) is 0 Å². The normalized spacial score (nSPS) is 22.2. The van der Waals surface area contributed by atoms with E-state index in [-0.39, 0.29) is 0 Å². The van der Waals surface area contributed by atoms with Gasteiger partial charge in [0.1, 0.15) is 0 Å². The number of allylic oxidation sites excluding steroid dienone is 1. The van der Waals surface area contributed by atoms with Gasteiger partial charge in [0, 0.05) is 10.2 Å². The van der Waals surface area contributed by atoms with Gasteiger partial charge in [-0.1, -0.05) is 47.3 Å². The highest BCUT2D eigenvalue weighted by molar-refractivity contribution is 9.10. The minimum Gasteiger partial charge on any atom is -0.302 e. The van der Waals surface area contributed by atoms with Gasteiger partial charge in [-0.2, -0.15) is 0 Å². The summed E-state index contributed by atoms with van der Waals surface area (Å²) >= 11 is 5.19. The van der Waals surface area contributed by atoms with Crippen LogP contribution in [-0.4, -0.2) is 11.3 Å². The number of halogens is 1. The van der Waals surface area contributed by atoms with Gasteiger partial charge in [0.15, 0.2) is 0 Å². The Balaban J connectivity index is 1.95. The van der Waals surface area contributed by atoms with Crippen LogP contribution in [0.5, 0.6) is 0 Å². The maximum absolute atomic E-state index is 7.19. The van der Waals surface area contributed by atoms with Gasteiger partial charge in [-0.05, 0) is 59.9 Å². The Morgan fingerprint density at radius 1 is 1.19 bits per heavy atom. The first-order valence-electron chi connectivity index (χ1n) is 7.81. The largest absolute Gasteiger partial charge is 0.302 e. The molecule has 112 valence electrons. The third-order valence-corrected chi connectivity index (χ3v) is 5.99. The first kappa shape index (κ1) is 15.4. The van der Waals surface area contributed by atoms with Gasteiger partial charge >= 0.3 is 0 Å². The van der Waals surface area contributed by atoms with Gasteiger partial charge in [-0.25, -0.2) is 0 Å². The van der Waals surface area contributed by atoms with Crippen molar-refractivity contribution in [3.63, 3.8) is 0 Å². The molecule has 0 saturated heterocycles. The van der Waals surface area contributed by atoms with Crippen LogP contribution in [-0.2, 0) is 6.42 Å². The van der Waals surface area contributed by atoms with E-state index in [1.807, 2.05) is 0 Å². The third kappa shape index (κ3) is 3.45. The fraction of sp³-hybridized carbons (Fsp3) is 0.500. The molecule has 0 bridgehead atoms. The Morgan fingerprint density at radius 2 is 2.00 bits per heavy atom. The molecule has 0 aliphatic heterocycles. The molecule has 0 amide bonds. The monoisotopic (exact) mass is 363 g/mol. The molecule has 2 aliphatic rings. The smallest absolute Gasteiger partial charge is 0.0509 e. The molecule has 0 unspecified atom stereocenters. The molecule has 3 heteroatoms. The maximum atomic E-state index is 7.19. The molecule has 21 heavy (non-hydrogen) atoms. The predicted molar refractivity (Wildman–Crippen MR) is 97.2 cm³/mol. The fourth-order valence-electron chi connectivity index (χ4n) is 4.00. The molecule has 0 aromatic heterocycles. The zero-order valence-corrected chi connectivity index (χ0v) is 14.7. The van der Waals surface area contributed by atoms with E-state index >= 15 is 0 Å². The second-order valence-electron chi connectivity index (χ2n) is 6.40. The summed E-state index contributed by atoms with van der Waals surface area (Å²) in [6, 6.07) is 6.78. The molecule has 1 N–H and O–H groups in total. The standard InChI is InChI=1S/C18H22BrNS/c19-16-5-4-14-11-18(7-2-1-3-8-18)12-15(17(14)10-16)6-9-21-13-20/h4-6,10,13,20H,1-3,7-9,11-12H2/b15-6+,20-13?. The molecule has 0 heterocycles. The highest BCUT2D eigenvalue weighted by Crippen LogP contribution is 2.50. The minimum absolute atomic E-state index is 0.514. The van der Waals surface area contributed by atoms with E-state index in [0.717, 1.165) is 5.75 Å². The van der Waals surface area contributed by atoms with Crippen LogP contribution in [0.2, 0.25) is 0 Å². The van der Waals surface area contributed by atoms with E-state index in [0.29, 0.717) is 5.41 Å². The number of nitrogens with one attached hydrogen (secondary N) is 1. The minimum atomic E-state index is 0.514. The molecule has 1 aromatic rings. The summed E-state index contributed by atoms with van der Waals surface area (Å²) in [6.07, 6.45) is 11.8. The van der Waals surface area contributed by atoms with Crippen LogP contribution in [0.1, 0.15) is 49.7 Å². The Labute approximate surface area is 140 Å². The van der Waals surface area contributed by atoms with Crippen molar-refractivity contribution in [2.45, 2.75) is 44.9 Å². The number of fused-ring (bicyclic) bond motifs is 1. The van der Waals surface area contributed by atoms with Crippen molar-refractivity contribution in [2.24, 2.45) is 5.41 Å². The molecule has 2 aliphatic carbocycles. The van der Waals surface area contributed by atoms with Crippen molar-refractivity contribution in [3.8, 4) is 0 Å². The molecular weight excluding hydrogens is 342 g/mol. The lowest BCUT2D eigenvalue weighted by atomic mass is 9.62. The summed E-state index contributed by atoms with van der Waals surface area (Å²) in [7, 11) is 0. The number of rotatable bonds is 3. The maximum Gasteiger partial charge on any atom is 0.0509 e. The van der Waals surface area contributed by atoms with Gasteiger partial charge in [-0.15, -0.1) is 11.8 Å². The highest BCUT2D eigenvalue weighted by Gasteiger charge is 2.37. The topological polar surface area (TPSA) is 23.9 Å². The SMILES string of the molecule is N=CSC/C=C1\CC2(CCCCC2)Cc2ccc(Br)cc21. The first-order chi connectivity index (χ1) is 10.2. The molecule has 1 saturated carbocycles. The zero-order valence-electron chi connectivity index (χ0n) is 12.3. The van der Waals surface area contributed by atoms with Crippen LogP contribution in [0.4, 0.5) is 0 Å².